The molecular weight excluding hydrogens is 253 g/mol. The number of hydrazone groups is 1. The molecule has 0 radical (unpaired) electrons. The summed E-state index contributed by atoms with van der Waals surface area (Å²) in [5, 5.41) is 3.88. The maximum absolute atomic E-state index is 13.5. The third kappa shape index (κ3) is 3.13. The summed E-state index contributed by atoms with van der Waals surface area (Å²) < 4.78 is 39.7. The standard InChI is InChI=1S/C14H11F3N2/c1-9(14-12(16)3-2-4-13(14)17)18-19-11-7-5-10(15)6-8-11/h2-8,19H,1H3/b18-9-. The summed E-state index contributed by atoms with van der Waals surface area (Å²) in [7, 11) is 0. The number of halogens is 3. The molecule has 0 spiro atoms. The van der Waals surface area contributed by atoms with E-state index in [0.29, 0.717) is 5.69 Å². The largest absolute Gasteiger partial charge is 0.278 e. The Morgan fingerprint density at radius 2 is 1.53 bits per heavy atom. The highest BCUT2D eigenvalue weighted by Gasteiger charge is 2.11. The summed E-state index contributed by atoms with van der Waals surface area (Å²) in [5.74, 6) is -1.73. The van der Waals surface area contributed by atoms with Gasteiger partial charge < -0.3 is 0 Å². The molecule has 0 unspecified atom stereocenters. The Kier molecular flexibility index (Phi) is 3.85. The van der Waals surface area contributed by atoms with Gasteiger partial charge >= 0.3 is 0 Å². The van der Waals surface area contributed by atoms with Crippen LogP contribution in [-0.4, -0.2) is 5.71 Å². The number of rotatable bonds is 3. The highest BCUT2D eigenvalue weighted by molar-refractivity contribution is 5.99. The second-order valence-electron chi connectivity index (χ2n) is 3.91. The molecule has 0 fully saturated rings. The van der Waals surface area contributed by atoms with Crippen molar-refractivity contribution in [1.29, 1.82) is 0 Å². The van der Waals surface area contributed by atoms with Crippen LogP contribution in [0, 0.1) is 17.5 Å². The van der Waals surface area contributed by atoms with E-state index in [0.717, 1.165) is 12.1 Å². The smallest absolute Gasteiger partial charge is 0.135 e. The fraction of sp³-hybridized carbons (Fsp3) is 0.0714. The summed E-state index contributed by atoms with van der Waals surface area (Å²) in [5.41, 5.74) is 3.12. The third-order valence-electron chi connectivity index (χ3n) is 2.52. The lowest BCUT2D eigenvalue weighted by molar-refractivity contribution is 0.579. The molecule has 0 aliphatic heterocycles. The molecule has 0 saturated carbocycles. The molecule has 98 valence electrons. The van der Waals surface area contributed by atoms with Crippen LogP contribution in [0.1, 0.15) is 12.5 Å². The van der Waals surface area contributed by atoms with Crippen molar-refractivity contribution < 1.29 is 13.2 Å². The second kappa shape index (κ2) is 5.56. The van der Waals surface area contributed by atoms with Crippen LogP contribution < -0.4 is 5.43 Å². The van der Waals surface area contributed by atoms with Crippen LogP contribution in [0.2, 0.25) is 0 Å². The van der Waals surface area contributed by atoms with Gasteiger partial charge in [-0.25, -0.2) is 13.2 Å². The molecule has 0 amide bonds. The molecule has 0 heterocycles. The van der Waals surface area contributed by atoms with Gasteiger partial charge in [0, 0.05) is 0 Å². The van der Waals surface area contributed by atoms with E-state index in [1.807, 2.05) is 0 Å². The number of benzene rings is 2. The molecule has 2 aromatic rings. The van der Waals surface area contributed by atoms with Crippen LogP contribution in [-0.2, 0) is 0 Å². The molecular formula is C14H11F3N2. The lowest BCUT2D eigenvalue weighted by Gasteiger charge is -2.05. The van der Waals surface area contributed by atoms with Gasteiger partial charge in [-0.15, -0.1) is 0 Å². The number of hydrogen-bond acceptors (Lipinski definition) is 2. The zero-order valence-corrected chi connectivity index (χ0v) is 10.1. The normalized spacial score (nSPS) is 11.5. The molecule has 2 nitrogen and oxygen atoms in total. The number of anilines is 1. The van der Waals surface area contributed by atoms with Gasteiger partial charge in [-0.05, 0) is 43.3 Å². The van der Waals surface area contributed by atoms with E-state index in [9.17, 15) is 13.2 Å². The van der Waals surface area contributed by atoms with Crippen LogP contribution in [0.3, 0.4) is 0 Å². The second-order valence-corrected chi connectivity index (χ2v) is 3.91. The van der Waals surface area contributed by atoms with Crippen molar-refractivity contribution in [2.75, 3.05) is 5.43 Å². The molecule has 1 N–H and O–H groups in total. The Morgan fingerprint density at radius 3 is 2.11 bits per heavy atom. The van der Waals surface area contributed by atoms with Gasteiger partial charge in [-0.2, -0.15) is 5.10 Å². The van der Waals surface area contributed by atoms with E-state index >= 15 is 0 Å². The van der Waals surface area contributed by atoms with Crippen LogP contribution in [0.15, 0.2) is 47.6 Å². The van der Waals surface area contributed by atoms with Crippen molar-refractivity contribution in [2.24, 2.45) is 5.10 Å². The maximum Gasteiger partial charge on any atom is 0.135 e. The highest BCUT2D eigenvalue weighted by atomic mass is 19.1. The predicted octanol–water partition coefficient (Wildman–Crippen LogP) is 3.94. The van der Waals surface area contributed by atoms with Gasteiger partial charge in [0.2, 0.25) is 0 Å². The molecule has 5 heteroatoms. The number of nitrogens with zero attached hydrogens (tertiary/aromatic N) is 1. The summed E-state index contributed by atoms with van der Waals surface area (Å²) in [6.07, 6.45) is 0. The van der Waals surface area contributed by atoms with Crippen molar-refractivity contribution in [2.45, 2.75) is 6.92 Å². The van der Waals surface area contributed by atoms with Crippen LogP contribution in [0.5, 0.6) is 0 Å². The Labute approximate surface area is 108 Å². The first-order valence-electron chi connectivity index (χ1n) is 5.58. The Hall–Kier alpha value is -2.30. The van der Waals surface area contributed by atoms with Crippen molar-refractivity contribution in [3.8, 4) is 0 Å². The topological polar surface area (TPSA) is 24.4 Å². The van der Waals surface area contributed by atoms with E-state index < -0.39 is 11.6 Å². The van der Waals surface area contributed by atoms with E-state index in [1.54, 1.807) is 0 Å². The van der Waals surface area contributed by atoms with E-state index in [-0.39, 0.29) is 17.1 Å². The molecule has 0 aliphatic carbocycles. The molecule has 0 saturated heterocycles. The lowest BCUT2D eigenvalue weighted by atomic mass is 10.1. The minimum absolute atomic E-state index is 0.167. The summed E-state index contributed by atoms with van der Waals surface area (Å²) in [6.45, 7) is 1.48. The summed E-state index contributed by atoms with van der Waals surface area (Å²) >= 11 is 0. The first-order valence-corrected chi connectivity index (χ1v) is 5.58. The van der Waals surface area contributed by atoms with Crippen molar-refractivity contribution in [3.05, 3.63) is 65.5 Å². The molecule has 0 aliphatic rings. The average molecular weight is 264 g/mol. The summed E-state index contributed by atoms with van der Waals surface area (Å²) in [4.78, 5) is 0. The van der Waals surface area contributed by atoms with Gasteiger partial charge in [0.25, 0.3) is 0 Å². The predicted molar refractivity (Wildman–Crippen MR) is 68.6 cm³/mol. The number of nitrogens with one attached hydrogen (secondary N) is 1. The van der Waals surface area contributed by atoms with E-state index in [4.69, 9.17) is 0 Å². The van der Waals surface area contributed by atoms with Crippen molar-refractivity contribution >= 4 is 11.4 Å². The monoisotopic (exact) mass is 264 g/mol. The zero-order chi connectivity index (χ0) is 13.8. The Bertz CT molecular complexity index is 586. The van der Waals surface area contributed by atoms with Gasteiger partial charge in [-0.1, -0.05) is 6.07 Å². The molecule has 2 aromatic carbocycles. The third-order valence-corrected chi connectivity index (χ3v) is 2.52. The SMILES string of the molecule is C/C(=N/Nc1ccc(F)cc1)c1c(F)cccc1F. The maximum atomic E-state index is 13.5. The van der Waals surface area contributed by atoms with Gasteiger partial charge in [0.15, 0.2) is 0 Å². The molecule has 19 heavy (non-hydrogen) atoms. The van der Waals surface area contributed by atoms with E-state index in [2.05, 4.69) is 10.5 Å². The van der Waals surface area contributed by atoms with Gasteiger partial charge in [0.05, 0.1) is 17.0 Å². The van der Waals surface area contributed by atoms with Crippen LogP contribution in [0.25, 0.3) is 0 Å². The molecule has 0 bridgehead atoms. The molecule has 0 atom stereocenters. The zero-order valence-electron chi connectivity index (χ0n) is 10.1. The average Bonchev–Trinajstić information content (AvgIpc) is 2.38. The highest BCUT2D eigenvalue weighted by Crippen LogP contribution is 2.14. The minimum Gasteiger partial charge on any atom is -0.278 e. The van der Waals surface area contributed by atoms with Crippen molar-refractivity contribution in [3.63, 3.8) is 0 Å². The lowest BCUT2D eigenvalue weighted by Crippen LogP contribution is -2.05. The Balaban J connectivity index is 2.22. The van der Waals surface area contributed by atoms with Crippen LogP contribution >= 0.6 is 0 Å². The molecule has 2 rings (SSSR count). The first-order chi connectivity index (χ1) is 9.08. The van der Waals surface area contributed by atoms with Gasteiger partial charge in [-0.3, -0.25) is 5.43 Å². The van der Waals surface area contributed by atoms with Gasteiger partial charge in [0.1, 0.15) is 17.5 Å². The summed E-state index contributed by atoms with van der Waals surface area (Å²) in [6, 6.07) is 9.08. The van der Waals surface area contributed by atoms with Crippen molar-refractivity contribution in [1.82, 2.24) is 0 Å². The fourth-order valence-corrected chi connectivity index (χ4v) is 1.57. The first kappa shape index (κ1) is 13.1. The van der Waals surface area contributed by atoms with E-state index in [1.165, 1.54) is 37.3 Å². The fourth-order valence-electron chi connectivity index (χ4n) is 1.57. The van der Waals surface area contributed by atoms with Crippen LogP contribution in [0.4, 0.5) is 18.9 Å². The molecule has 0 aromatic heterocycles. The quantitative estimate of drug-likeness (QED) is 0.659. The number of hydrogen-bond donors (Lipinski definition) is 1. The minimum atomic E-state index is -0.679. The Morgan fingerprint density at radius 1 is 0.947 bits per heavy atom.